The molecule has 0 atom stereocenters. The van der Waals surface area contributed by atoms with Crippen LogP contribution >= 0.6 is 0 Å². The number of para-hydroxylation sites is 1. The molecule has 4 rings (SSSR count). The number of benzene rings is 2. The summed E-state index contributed by atoms with van der Waals surface area (Å²) in [6.07, 6.45) is 0. The summed E-state index contributed by atoms with van der Waals surface area (Å²) < 4.78 is 5.34. The van der Waals surface area contributed by atoms with Crippen LogP contribution in [-0.2, 0) is 0 Å². The molecule has 0 radical (unpaired) electrons. The summed E-state index contributed by atoms with van der Waals surface area (Å²) in [7, 11) is 0. The van der Waals surface area contributed by atoms with Crippen molar-refractivity contribution < 1.29 is 4.42 Å². The van der Waals surface area contributed by atoms with Crippen molar-refractivity contribution in [2.75, 3.05) is 0 Å². The maximum atomic E-state index is 12.5. The predicted molar refractivity (Wildman–Crippen MR) is 86.0 cm³/mol. The van der Waals surface area contributed by atoms with Gasteiger partial charge >= 0.3 is 5.63 Å². The van der Waals surface area contributed by atoms with Crippen molar-refractivity contribution >= 4 is 21.9 Å². The quantitative estimate of drug-likeness (QED) is 0.547. The van der Waals surface area contributed by atoms with Crippen molar-refractivity contribution in [1.82, 2.24) is 4.98 Å². The third kappa shape index (κ3) is 1.85. The number of pyridine rings is 1. The molecule has 0 saturated carbocycles. The summed E-state index contributed by atoms with van der Waals surface area (Å²) >= 11 is 0. The maximum Gasteiger partial charge on any atom is 0.336 e. The standard InChI is InChI=1S/C18H11NO3/c20-15-10-13(11-6-2-1-3-7-11)16-17(22-15)12-8-4-5-9-14(12)19-18(16)21/h1-10H,(H,19,21). The van der Waals surface area contributed by atoms with E-state index in [0.29, 0.717) is 27.4 Å². The van der Waals surface area contributed by atoms with Gasteiger partial charge in [0.2, 0.25) is 0 Å². The Morgan fingerprint density at radius 1 is 0.864 bits per heavy atom. The lowest BCUT2D eigenvalue weighted by atomic mass is 10.0. The summed E-state index contributed by atoms with van der Waals surface area (Å²) in [6.45, 7) is 0. The minimum Gasteiger partial charge on any atom is -0.422 e. The molecule has 0 aliphatic rings. The number of rotatable bonds is 1. The molecule has 0 aliphatic heterocycles. The summed E-state index contributed by atoms with van der Waals surface area (Å²) in [4.78, 5) is 27.3. The van der Waals surface area contributed by atoms with Crippen LogP contribution in [0.1, 0.15) is 0 Å². The average molecular weight is 289 g/mol. The van der Waals surface area contributed by atoms with Gasteiger partial charge in [0, 0.05) is 17.0 Å². The average Bonchev–Trinajstić information content (AvgIpc) is 2.55. The Labute approximate surface area is 124 Å². The molecular formula is C18H11NO3. The monoisotopic (exact) mass is 289 g/mol. The van der Waals surface area contributed by atoms with E-state index in [-0.39, 0.29) is 5.56 Å². The maximum absolute atomic E-state index is 12.5. The van der Waals surface area contributed by atoms with Crippen molar-refractivity contribution in [1.29, 1.82) is 0 Å². The zero-order valence-corrected chi connectivity index (χ0v) is 11.5. The predicted octanol–water partition coefficient (Wildman–Crippen LogP) is 3.30. The topological polar surface area (TPSA) is 63.1 Å². The summed E-state index contributed by atoms with van der Waals surface area (Å²) in [5.74, 6) is 0. The van der Waals surface area contributed by atoms with Gasteiger partial charge in [0.25, 0.3) is 5.56 Å². The fourth-order valence-corrected chi connectivity index (χ4v) is 2.73. The molecule has 2 aromatic heterocycles. The third-order valence-electron chi connectivity index (χ3n) is 3.69. The number of hydrogen-bond acceptors (Lipinski definition) is 3. The van der Waals surface area contributed by atoms with Gasteiger partial charge in [-0.2, -0.15) is 0 Å². The Bertz CT molecular complexity index is 1110. The van der Waals surface area contributed by atoms with E-state index in [0.717, 1.165) is 5.56 Å². The first kappa shape index (κ1) is 12.6. The Hall–Kier alpha value is -3.14. The summed E-state index contributed by atoms with van der Waals surface area (Å²) in [5, 5.41) is 1.11. The van der Waals surface area contributed by atoms with Gasteiger partial charge in [0.05, 0.1) is 10.9 Å². The molecule has 4 aromatic rings. The van der Waals surface area contributed by atoms with Crippen molar-refractivity contribution in [3.05, 3.63) is 81.4 Å². The van der Waals surface area contributed by atoms with Gasteiger partial charge in [-0.25, -0.2) is 4.79 Å². The van der Waals surface area contributed by atoms with E-state index in [4.69, 9.17) is 4.42 Å². The number of nitrogens with one attached hydrogen (secondary N) is 1. The molecule has 2 aromatic carbocycles. The molecule has 4 nitrogen and oxygen atoms in total. The van der Waals surface area contributed by atoms with Crippen LogP contribution in [0, 0.1) is 0 Å². The first-order valence-corrected chi connectivity index (χ1v) is 6.88. The van der Waals surface area contributed by atoms with E-state index in [2.05, 4.69) is 4.98 Å². The lowest BCUT2D eigenvalue weighted by Gasteiger charge is -2.07. The Kier molecular flexibility index (Phi) is 2.69. The zero-order valence-electron chi connectivity index (χ0n) is 11.5. The number of fused-ring (bicyclic) bond motifs is 3. The van der Waals surface area contributed by atoms with E-state index in [1.165, 1.54) is 6.07 Å². The van der Waals surface area contributed by atoms with E-state index >= 15 is 0 Å². The van der Waals surface area contributed by atoms with Crippen LogP contribution < -0.4 is 11.2 Å². The van der Waals surface area contributed by atoms with Gasteiger partial charge in [0.15, 0.2) is 5.58 Å². The molecule has 0 aliphatic carbocycles. The smallest absolute Gasteiger partial charge is 0.336 e. The van der Waals surface area contributed by atoms with Crippen LogP contribution in [0.15, 0.2) is 74.7 Å². The molecule has 0 amide bonds. The first-order chi connectivity index (χ1) is 10.7. The number of hydrogen-bond donors (Lipinski definition) is 1. The molecule has 4 heteroatoms. The molecule has 1 N–H and O–H groups in total. The van der Waals surface area contributed by atoms with Gasteiger partial charge in [-0.05, 0) is 17.7 Å². The molecule has 0 bridgehead atoms. The minimum absolute atomic E-state index is 0.267. The van der Waals surface area contributed by atoms with E-state index in [1.54, 1.807) is 6.07 Å². The van der Waals surface area contributed by atoms with Gasteiger partial charge in [-0.1, -0.05) is 42.5 Å². The molecule has 0 spiro atoms. The highest BCUT2D eigenvalue weighted by molar-refractivity contribution is 6.06. The Balaban J connectivity index is 2.27. The zero-order chi connectivity index (χ0) is 15.1. The molecule has 0 fully saturated rings. The van der Waals surface area contributed by atoms with Gasteiger partial charge in [-0.3, -0.25) is 4.79 Å². The van der Waals surface area contributed by atoms with E-state index in [1.807, 2.05) is 48.5 Å². The van der Waals surface area contributed by atoms with Crippen LogP contribution in [0.2, 0.25) is 0 Å². The summed E-state index contributed by atoms with van der Waals surface area (Å²) in [5.41, 5.74) is 1.62. The van der Waals surface area contributed by atoms with Crippen LogP contribution in [-0.4, -0.2) is 4.98 Å². The molecular weight excluding hydrogens is 278 g/mol. The van der Waals surface area contributed by atoms with Crippen LogP contribution in [0.3, 0.4) is 0 Å². The Morgan fingerprint density at radius 2 is 1.59 bits per heavy atom. The van der Waals surface area contributed by atoms with Crippen LogP contribution in [0.25, 0.3) is 33.0 Å². The third-order valence-corrected chi connectivity index (χ3v) is 3.69. The molecule has 0 unspecified atom stereocenters. The lowest BCUT2D eigenvalue weighted by Crippen LogP contribution is -2.10. The SMILES string of the molecule is O=c1cc(-c2ccccc2)c2c(=O)[nH]c3ccccc3c2o1. The number of H-pyrrole nitrogens is 1. The van der Waals surface area contributed by atoms with Crippen LogP contribution in [0.4, 0.5) is 0 Å². The van der Waals surface area contributed by atoms with E-state index in [9.17, 15) is 9.59 Å². The molecule has 2 heterocycles. The molecule has 22 heavy (non-hydrogen) atoms. The van der Waals surface area contributed by atoms with E-state index < -0.39 is 5.63 Å². The molecule has 0 saturated heterocycles. The first-order valence-electron chi connectivity index (χ1n) is 6.88. The van der Waals surface area contributed by atoms with Gasteiger partial charge in [0.1, 0.15) is 0 Å². The Morgan fingerprint density at radius 3 is 2.41 bits per heavy atom. The minimum atomic E-state index is -0.470. The largest absolute Gasteiger partial charge is 0.422 e. The highest BCUT2D eigenvalue weighted by atomic mass is 16.4. The fourth-order valence-electron chi connectivity index (χ4n) is 2.73. The number of aromatic nitrogens is 1. The second-order valence-electron chi connectivity index (χ2n) is 5.05. The lowest BCUT2D eigenvalue weighted by molar-refractivity contribution is 0.564. The second kappa shape index (κ2) is 4.70. The van der Waals surface area contributed by atoms with Crippen molar-refractivity contribution in [3.63, 3.8) is 0 Å². The van der Waals surface area contributed by atoms with Gasteiger partial charge in [-0.15, -0.1) is 0 Å². The number of aromatic amines is 1. The van der Waals surface area contributed by atoms with Crippen molar-refractivity contribution in [2.24, 2.45) is 0 Å². The van der Waals surface area contributed by atoms with Crippen LogP contribution in [0.5, 0.6) is 0 Å². The highest BCUT2D eigenvalue weighted by Gasteiger charge is 2.14. The fraction of sp³-hybridized carbons (Fsp3) is 0. The molecule has 106 valence electrons. The van der Waals surface area contributed by atoms with Crippen molar-refractivity contribution in [3.8, 4) is 11.1 Å². The van der Waals surface area contributed by atoms with Crippen molar-refractivity contribution in [2.45, 2.75) is 0 Å². The van der Waals surface area contributed by atoms with Gasteiger partial charge < -0.3 is 9.40 Å². The normalized spacial score (nSPS) is 11.1. The summed E-state index contributed by atoms with van der Waals surface area (Å²) in [6, 6.07) is 18.0. The second-order valence-corrected chi connectivity index (χ2v) is 5.05. The highest BCUT2D eigenvalue weighted by Crippen LogP contribution is 2.28.